The molecule has 1 aromatic rings. The SMILES string of the molecule is CCN(Cc1cccs1)C1(CN)CSCC(C)(C)C1. The second-order valence-corrected chi connectivity index (χ2v) is 8.37. The lowest BCUT2D eigenvalue weighted by molar-refractivity contribution is 0.0672. The molecule has 2 nitrogen and oxygen atoms in total. The van der Waals surface area contributed by atoms with E-state index in [9.17, 15) is 0 Å². The molecule has 0 amide bonds. The Bertz CT molecular complexity index is 389. The zero-order valence-electron chi connectivity index (χ0n) is 12.3. The van der Waals surface area contributed by atoms with Gasteiger partial charge in [-0.3, -0.25) is 4.90 Å². The number of hydrogen-bond acceptors (Lipinski definition) is 4. The zero-order chi connectivity index (χ0) is 13.9. The summed E-state index contributed by atoms with van der Waals surface area (Å²) in [7, 11) is 0. The summed E-state index contributed by atoms with van der Waals surface area (Å²) in [5, 5.41) is 2.16. The average Bonchev–Trinajstić information content (AvgIpc) is 2.87. The van der Waals surface area contributed by atoms with E-state index in [2.05, 4.69) is 54.9 Å². The lowest BCUT2D eigenvalue weighted by Gasteiger charge is -2.50. The van der Waals surface area contributed by atoms with Crippen molar-refractivity contribution in [1.82, 2.24) is 4.90 Å². The van der Waals surface area contributed by atoms with Crippen LogP contribution in [0.5, 0.6) is 0 Å². The van der Waals surface area contributed by atoms with Crippen molar-refractivity contribution in [2.75, 3.05) is 24.6 Å². The minimum atomic E-state index is 0.172. The Hall–Kier alpha value is -0.0300. The molecule has 1 unspecified atom stereocenters. The van der Waals surface area contributed by atoms with Gasteiger partial charge in [-0.05, 0) is 35.6 Å². The first-order valence-corrected chi connectivity index (χ1v) is 9.10. The fourth-order valence-corrected chi connectivity index (χ4v) is 5.44. The summed E-state index contributed by atoms with van der Waals surface area (Å²) in [6, 6.07) is 4.38. The molecular weight excluding hydrogens is 272 g/mol. The van der Waals surface area contributed by atoms with Gasteiger partial charge in [0.2, 0.25) is 0 Å². The topological polar surface area (TPSA) is 29.3 Å². The maximum absolute atomic E-state index is 6.21. The van der Waals surface area contributed by atoms with Gasteiger partial charge in [0.15, 0.2) is 0 Å². The van der Waals surface area contributed by atoms with E-state index in [1.54, 1.807) is 0 Å². The predicted molar refractivity (Wildman–Crippen MR) is 87.9 cm³/mol. The van der Waals surface area contributed by atoms with Gasteiger partial charge in [0.25, 0.3) is 0 Å². The van der Waals surface area contributed by atoms with Crippen molar-refractivity contribution in [3.8, 4) is 0 Å². The number of likely N-dealkylation sites (N-methyl/N-ethyl adjacent to an activating group) is 1. The van der Waals surface area contributed by atoms with E-state index in [1.807, 2.05) is 11.3 Å². The molecule has 2 N–H and O–H groups in total. The Morgan fingerprint density at radius 3 is 2.68 bits per heavy atom. The Morgan fingerprint density at radius 1 is 1.37 bits per heavy atom. The van der Waals surface area contributed by atoms with Crippen LogP contribution in [-0.4, -0.2) is 35.0 Å². The third-order valence-corrected chi connectivity index (χ3v) is 6.62. The van der Waals surface area contributed by atoms with Crippen molar-refractivity contribution in [2.24, 2.45) is 11.1 Å². The van der Waals surface area contributed by atoms with Crippen LogP contribution in [0.25, 0.3) is 0 Å². The van der Waals surface area contributed by atoms with Gasteiger partial charge >= 0.3 is 0 Å². The van der Waals surface area contributed by atoms with Gasteiger partial charge < -0.3 is 5.73 Å². The molecule has 0 aliphatic carbocycles. The van der Waals surface area contributed by atoms with E-state index in [-0.39, 0.29) is 5.54 Å². The van der Waals surface area contributed by atoms with Gasteiger partial charge in [-0.15, -0.1) is 11.3 Å². The van der Waals surface area contributed by atoms with Crippen molar-refractivity contribution < 1.29 is 0 Å². The molecule has 2 rings (SSSR count). The number of thiophene rings is 1. The summed E-state index contributed by atoms with van der Waals surface area (Å²) in [6.07, 6.45) is 1.21. The average molecular weight is 299 g/mol. The Kier molecular flexibility index (Phi) is 4.99. The first-order valence-electron chi connectivity index (χ1n) is 7.07. The Balaban J connectivity index is 2.17. The lowest BCUT2D eigenvalue weighted by Crippen LogP contribution is -2.59. The molecule has 0 radical (unpaired) electrons. The first kappa shape index (κ1) is 15.4. The van der Waals surface area contributed by atoms with Crippen LogP contribution in [0.2, 0.25) is 0 Å². The monoisotopic (exact) mass is 298 g/mol. The lowest BCUT2D eigenvalue weighted by atomic mass is 9.78. The molecule has 0 saturated carbocycles. The molecule has 1 atom stereocenters. The molecule has 0 spiro atoms. The van der Waals surface area contributed by atoms with Crippen LogP contribution in [0.1, 0.15) is 32.1 Å². The van der Waals surface area contributed by atoms with Crippen LogP contribution in [0.15, 0.2) is 17.5 Å². The van der Waals surface area contributed by atoms with Crippen LogP contribution in [0.3, 0.4) is 0 Å². The molecule has 19 heavy (non-hydrogen) atoms. The fraction of sp³-hybridized carbons (Fsp3) is 0.733. The number of hydrogen-bond donors (Lipinski definition) is 1. The molecule has 1 fully saturated rings. The molecule has 108 valence electrons. The summed E-state index contributed by atoms with van der Waals surface area (Å²) in [6.45, 7) is 9.90. The largest absolute Gasteiger partial charge is 0.329 e. The maximum atomic E-state index is 6.21. The van der Waals surface area contributed by atoms with E-state index in [1.165, 1.54) is 22.8 Å². The first-order chi connectivity index (χ1) is 9.01. The minimum Gasteiger partial charge on any atom is -0.329 e. The highest BCUT2D eigenvalue weighted by molar-refractivity contribution is 7.99. The normalized spacial score (nSPS) is 26.8. The smallest absolute Gasteiger partial charge is 0.0431 e. The number of thioether (sulfide) groups is 1. The zero-order valence-corrected chi connectivity index (χ0v) is 13.9. The summed E-state index contributed by atoms with van der Waals surface area (Å²) >= 11 is 3.92. The van der Waals surface area contributed by atoms with Gasteiger partial charge in [0.1, 0.15) is 0 Å². The second-order valence-electron chi connectivity index (χ2n) is 6.36. The van der Waals surface area contributed by atoms with Gasteiger partial charge in [0, 0.05) is 29.3 Å². The van der Waals surface area contributed by atoms with E-state index < -0.39 is 0 Å². The highest BCUT2D eigenvalue weighted by atomic mass is 32.2. The quantitative estimate of drug-likeness (QED) is 0.903. The minimum absolute atomic E-state index is 0.172. The highest BCUT2D eigenvalue weighted by Crippen LogP contribution is 2.42. The van der Waals surface area contributed by atoms with E-state index in [4.69, 9.17) is 5.73 Å². The summed E-state index contributed by atoms with van der Waals surface area (Å²) < 4.78 is 0. The van der Waals surface area contributed by atoms with E-state index in [0.717, 1.165) is 19.6 Å². The predicted octanol–water partition coefficient (Wildman–Crippen LogP) is 3.43. The van der Waals surface area contributed by atoms with Crippen LogP contribution < -0.4 is 5.73 Å². The van der Waals surface area contributed by atoms with Gasteiger partial charge in [-0.25, -0.2) is 0 Å². The standard InChI is InChI=1S/C15H26N2S2/c1-4-17(8-13-6-5-7-19-13)15(10-16)9-14(2,3)11-18-12-15/h5-7H,4,8-12,16H2,1-3H3. The molecule has 1 aliphatic heterocycles. The van der Waals surface area contributed by atoms with Gasteiger partial charge in [0.05, 0.1) is 0 Å². The van der Waals surface area contributed by atoms with Crippen molar-refractivity contribution in [2.45, 2.75) is 39.3 Å². The van der Waals surface area contributed by atoms with Crippen molar-refractivity contribution in [3.05, 3.63) is 22.4 Å². The molecule has 0 bridgehead atoms. The number of nitrogens with zero attached hydrogens (tertiary/aromatic N) is 1. The second kappa shape index (κ2) is 6.17. The number of nitrogens with two attached hydrogens (primary N) is 1. The Morgan fingerprint density at radius 2 is 2.16 bits per heavy atom. The molecule has 1 saturated heterocycles. The molecule has 0 aromatic carbocycles. The third-order valence-electron chi connectivity index (χ3n) is 4.03. The van der Waals surface area contributed by atoms with Crippen LogP contribution in [0, 0.1) is 5.41 Å². The molecular formula is C15H26N2S2. The number of rotatable bonds is 5. The van der Waals surface area contributed by atoms with E-state index >= 15 is 0 Å². The summed E-state index contributed by atoms with van der Waals surface area (Å²) in [5.41, 5.74) is 6.78. The van der Waals surface area contributed by atoms with Crippen LogP contribution in [0.4, 0.5) is 0 Å². The van der Waals surface area contributed by atoms with Crippen molar-refractivity contribution >= 4 is 23.1 Å². The molecule has 1 aliphatic rings. The maximum Gasteiger partial charge on any atom is 0.0431 e. The fourth-order valence-electron chi connectivity index (χ4n) is 3.18. The molecule has 2 heterocycles. The van der Waals surface area contributed by atoms with Gasteiger partial charge in [-0.1, -0.05) is 26.8 Å². The summed E-state index contributed by atoms with van der Waals surface area (Å²) in [4.78, 5) is 4.05. The van der Waals surface area contributed by atoms with Crippen molar-refractivity contribution in [3.63, 3.8) is 0 Å². The van der Waals surface area contributed by atoms with E-state index in [0.29, 0.717) is 5.41 Å². The van der Waals surface area contributed by atoms with Gasteiger partial charge in [-0.2, -0.15) is 11.8 Å². The Labute approximate surface area is 125 Å². The summed E-state index contributed by atoms with van der Waals surface area (Å²) in [5.74, 6) is 2.43. The molecule has 1 aromatic heterocycles. The molecule has 4 heteroatoms. The van der Waals surface area contributed by atoms with Crippen LogP contribution in [-0.2, 0) is 6.54 Å². The van der Waals surface area contributed by atoms with Crippen molar-refractivity contribution in [1.29, 1.82) is 0 Å². The highest BCUT2D eigenvalue weighted by Gasteiger charge is 2.43. The van der Waals surface area contributed by atoms with Crippen LogP contribution >= 0.6 is 23.1 Å². The third kappa shape index (κ3) is 3.54.